The van der Waals surface area contributed by atoms with Crippen LogP contribution in [0, 0.1) is 0 Å². The first-order valence-corrected chi connectivity index (χ1v) is 11.5. The van der Waals surface area contributed by atoms with E-state index in [1.54, 1.807) is 6.92 Å². The maximum absolute atomic E-state index is 12.9. The molecule has 1 heterocycles. The van der Waals surface area contributed by atoms with Gasteiger partial charge in [-0.15, -0.1) is 0 Å². The molecule has 0 aromatic heterocycles. The van der Waals surface area contributed by atoms with E-state index in [4.69, 9.17) is 0 Å². The SMILES string of the molecule is CC1(CCc2ccccc2)NC(=O)N(NC(=O)CCC(=O)c2ccc3c(c2)CCCC3)C1=O. The fraction of sp³-hybridized carbons (Fsp3) is 0.385. The number of Topliss-reactive ketones (excluding diaryl/α,β-unsaturated/α-hetero) is 1. The lowest BCUT2D eigenvalue weighted by molar-refractivity contribution is -0.138. The summed E-state index contributed by atoms with van der Waals surface area (Å²) >= 11 is 0. The van der Waals surface area contributed by atoms with Gasteiger partial charge in [-0.2, -0.15) is 5.01 Å². The largest absolute Gasteiger partial charge is 0.344 e. The number of hydrogen-bond acceptors (Lipinski definition) is 4. The van der Waals surface area contributed by atoms with Gasteiger partial charge in [0.15, 0.2) is 5.78 Å². The highest BCUT2D eigenvalue weighted by Crippen LogP contribution is 2.24. The molecule has 1 atom stereocenters. The van der Waals surface area contributed by atoms with Gasteiger partial charge in [0, 0.05) is 18.4 Å². The Kier molecular flexibility index (Phi) is 6.58. The molecular weight excluding hydrogens is 418 g/mol. The van der Waals surface area contributed by atoms with Crippen LogP contribution >= 0.6 is 0 Å². The van der Waals surface area contributed by atoms with E-state index in [9.17, 15) is 19.2 Å². The maximum atomic E-state index is 12.9. The van der Waals surface area contributed by atoms with Crippen molar-refractivity contribution in [2.45, 2.75) is 63.8 Å². The van der Waals surface area contributed by atoms with Crippen LogP contribution in [-0.2, 0) is 28.9 Å². The lowest BCUT2D eigenvalue weighted by Crippen LogP contribution is -2.49. The van der Waals surface area contributed by atoms with Crippen molar-refractivity contribution < 1.29 is 19.2 Å². The van der Waals surface area contributed by atoms with Crippen LogP contribution in [0.4, 0.5) is 4.79 Å². The zero-order valence-corrected chi connectivity index (χ0v) is 18.9. The molecule has 1 aliphatic carbocycles. The Balaban J connectivity index is 1.30. The number of rotatable bonds is 8. The van der Waals surface area contributed by atoms with Crippen molar-refractivity contribution >= 4 is 23.6 Å². The Morgan fingerprint density at radius 3 is 2.48 bits per heavy atom. The first-order chi connectivity index (χ1) is 15.9. The second-order valence-electron chi connectivity index (χ2n) is 9.04. The zero-order valence-electron chi connectivity index (χ0n) is 18.9. The van der Waals surface area contributed by atoms with Crippen molar-refractivity contribution in [3.8, 4) is 0 Å². The normalized spacial score (nSPS) is 19.7. The van der Waals surface area contributed by atoms with Crippen molar-refractivity contribution in [2.24, 2.45) is 0 Å². The molecule has 33 heavy (non-hydrogen) atoms. The highest BCUT2D eigenvalue weighted by Gasteiger charge is 2.48. The summed E-state index contributed by atoms with van der Waals surface area (Å²) in [5.41, 5.74) is 5.44. The van der Waals surface area contributed by atoms with E-state index in [1.165, 1.54) is 17.5 Å². The van der Waals surface area contributed by atoms with Crippen molar-refractivity contribution in [3.05, 3.63) is 70.8 Å². The fourth-order valence-electron chi connectivity index (χ4n) is 4.45. The predicted octanol–water partition coefficient (Wildman–Crippen LogP) is 3.50. The van der Waals surface area contributed by atoms with Crippen molar-refractivity contribution in [2.75, 3.05) is 0 Å². The zero-order chi connectivity index (χ0) is 23.4. The van der Waals surface area contributed by atoms with E-state index >= 15 is 0 Å². The van der Waals surface area contributed by atoms with Gasteiger partial charge in [0.25, 0.3) is 5.91 Å². The number of carbonyl (C=O) groups excluding carboxylic acids is 4. The summed E-state index contributed by atoms with van der Waals surface area (Å²) < 4.78 is 0. The molecule has 4 rings (SSSR count). The second kappa shape index (κ2) is 9.57. The molecule has 1 unspecified atom stereocenters. The van der Waals surface area contributed by atoms with E-state index in [1.807, 2.05) is 48.5 Å². The van der Waals surface area contributed by atoms with Crippen LogP contribution in [0.15, 0.2) is 48.5 Å². The highest BCUT2D eigenvalue weighted by atomic mass is 16.2. The van der Waals surface area contributed by atoms with Crippen LogP contribution in [0.2, 0.25) is 0 Å². The number of urea groups is 1. The minimum atomic E-state index is -1.10. The summed E-state index contributed by atoms with van der Waals surface area (Å²) in [4.78, 5) is 50.2. The van der Waals surface area contributed by atoms with Crippen LogP contribution in [0.3, 0.4) is 0 Å². The molecule has 172 valence electrons. The molecule has 7 nitrogen and oxygen atoms in total. The number of carbonyl (C=O) groups is 4. The van der Waals surface area contributed by atoms with Crippen LogP contribution in [-0.4, -0.2) is 34.2 Å². The predicted molar refractivity (Wildman–Crippen MR) is 123 cm³/mol. The summed E-state index contributed by atoms with van der Waals surface area (Å²) in [7, 11) is 0. The van der Waals surface area contributed by atoms with E-state index in [2.05, 4.69) is 10.7 Å². The minimum Gasteiger partial charge on any atom is -0.322 e. The summed E-state index contributed by atoms with van der Waals surface area (Å²) in [6.07, 6.45) is 5.25. The summed E-state index contributed by atoms with van der Waals surface area (Å²) in [5.74, 6) is -1.17. The van der Waals surface area contributed by atoms with Gasteiger partial charge in [0.05, 0.1) is 0 Å². The second-order valence-corrected chi connectivity index (χ2v) is 9.04. The number of nitrogens with one attached hydrogen (secondary N) is 2. The van der Waals surface area contributed by atoms with E-state index < -0.39 is 23.4 Å². The molecule has 2 aromatic rings. The van der Waals surface area contributed by atoms with Gasteiger partial charge in [-0.25, -0.2) is 4.79 Å². The van der Waals surface area contributed by atoms with Crippen molar-refractivity contribution in [1.82, 2.24) is 15.8 Å². The fourth-order valence-corrected chi connectivity index (χ4v) is 4.45. The van der Waals surface area contributed by atoms with Crippen LogP contribution in [0.1, 0.15) is 66.1 Å². The average Bonchev–Trinajstić information content (AvgIpc) is 3.04. The van der Waals surface area contributed by atoms with E-state index in [-0.39, 0.29) is 18.6 Å². The molecule has 0 saturated carbocycles. The number of hydrogen-bond donors (Lipinski definition) is 2. The number of aryl methyl sites for hydroxylation is 3. The van der Waals surface area contributed by atoms with Crippen LogP contribution in [0.25, 0.3) is 0 Å². The van der Waals surface area contributed by atoms with Crippen molar-refractivity contribution in [3.63, 3.8) is 0 Å². The quantitative estimate of drug-likeness (QED) is 0.478. The number of ketones is 1. The van der Waals surface area contributed by atoms with E-state index in [0.717, 1.165) is 29.8 Å². The first-order valence-electron chi connectivity index (χ1n) is 11.5. The third kappa shape index (κ3) is 5.13. The molecule has 0 bridgehead atoms. The Bertz CT molecular complexity index is 1080. The molecular formula is C26H29N3O4. The number of hydrazine groups is 1. The number of fused-ring (bicyclic) bond motifs is 1. The lowest BCUT2D eigenvalue weighted by atomic mass is 9.89. The number of imide groups is 1. The van der Waals surface area contributed by atoms with Gasteiger partial charge < -0.3 is 5.32 Å². The smallest absolute Gasteiger partial charge is 0.322 e. The lowest BCUT2D eigenvalue weighted by Gasteiger charge is -2.21. The standard InChI is InChI=1S/C26H29N3O4/c1-26(16-15-18-7-3-2-4-8-18)24(32)29(25(33)27-26)28-23(31)14-13-22(30)21-12-11-19-9-5-6-10-20(19)17-21/h2-4,7-8,11-12,17H,5-6,9-10,13-16H2,1H3,(H,27,33)(H,28,31). The Labute approximate surface area is 193 Å². The summed E-state index contributed by atoms with van der Waals surface area (Å²) in [6, 6.07) is 14.8. The molecule has 2 aromatic carbocycles. The number of nitrogens with zero attached hydrogens (tertiary/aromatic N) is 1. The average molecular weight is 448 g/mol. The molecule has 1 fully saturated rings. The van der Waals surface area contributed by atoms with Gasteiger partial charge >= 0.3 is 6.03 Å². The third-order valence-corrected chi connectivity index (χ3v) is 6.50. The Hall–Kier alpha value is -3.48. The number of benzene rings is 2. The van der Waals surface area contributed by atoms with Gasteiger partial charge in [-0.05, 0) is 68.2 Å². The molecule has 7 heteroatoms. The topological polar surface area (TPSA) is 95.6 Å². The molecule has 0 spiro atoms. The first kappa shape index (κ1) is 22.7. The Morgan fingerprint density at radius 2 is 1.73 bits per heavy atom. The molecule has 4 amide bonds. The molecule has 0 radical (unpaired) electrons. The summed E-state index contributed by atoms with van der Waals surface area (Å²) in [6.45, 7) is 1.65. The number of amides is 4. The van der Waals surface area contributed by atoms with Gasteiger partial charge in [0.2, 0.25) is 5.91 Å². The van der Waals surface area contributed by atoms with Crippen LogP contribution in [0.5, 0.6) is 0 Å². The highest BCUT2D eigenvalue weighted by molar-refractivity contribution is 6.08. The maximum Gasteiger partial charge on any atom is 0.344 e. The van der Waals surface area contributed by atoms with Crippen LogP contribution < -0.4 is 10.7 Å². The summed E-state index contributed by atoms with van der Waals surface area (Å²) in [5, 5.41) is 3.41. The monoisotopic (exact) mass is 447 g/mol. The Morgan fingerprint density at radius 1 is 1.00 bits per heavy atom. The van der Waals surface area contributed by atoms with Gasteiger partial charge in [-0.3, -0.25) is 19.8 Å². The third-order valence-electron chi connectivity index (χ3n) is 6.50. The van der Waals surface area contributed by atoms with E-state index in [0.29, 0.717) is 18.4 Å². The molecule has 2 N–H and O–H groups in total. The molecule has 1 aliphatic heterocycles. The van der Waals surface area contributed by atoms with Crippen molar-refractivity contribution in [1.29, 1.82) is 0 Å². The van der Waals surface area contributed by atoms with Gasteiger partial charge in [-0.1, -0.05) is 42.5 Å². The molecule has 2 aliphatic rings. The minimum absolute atomic E-state index is 0.0134. The van der Waals surface area contributed by atoms with Gasteiger partial charge in [0.1, 0.15) is 5.54 Å². The molecule has 1 saturated heterocycles.